The molecule has 16 heavy (non-hydrogen) atoms. The van der Waals surface area contributed by atoms with Gasteiger partial charge in [-0.1, -0.05) is 29.3 Å². The number of carbonyl (C=O) groups excluding carboxylic acids is 1. The fourth-order valence-corrected chi connectivity index (χ4v) is 2.01. The normalized spacial score (nSPS) is 21.4. The molecule has 0 aliphatic carbocycles. The summed E-state index contributed by atoms with van der Waals surface area (Å²) >= 11 is 11.8. The predicted octanol–water partition coefficient (Wildman–Crippen LogP) is 2.14. The van der Waals surface area contributed by atoms with Crippen LogP contribution in [0.15, 0.2) is 18.2 Å². The zero-order valence-corrected chi connectivity index (χ0v) is 10.1. The lowest BCUT2D eigenvalue weighted by Gasteiger charge is -2.16. The average Bonchev–Trinajstić information content (AvgIpc) is 2.47. The fraction of sp³-hybridized carbons (Fsp3) is 0.364. The largest absolute Gasteiger partial charge is 0.354 e. The molecule has 3 nitrogen and oxygen atoms in total. The van der Waals surface area contributed by atoms with Crippen LogP contribution in [0.4, 0.5) is 0 Å². The number of hydrogen-bond donors (Lipinski definition) is 2. The summed E-state index contributed by atoms with van der Waals surface area (Å²) in [5, 5.41) is 7.22. The van der Waals surface area contributed by atoms with E-state index in [0.717, 1.165) is 5.56 Å². The van der Waals surface area contributed by atoms with Crippen LogP contribution in [0.2, 0.25) is 10.0 Å². The molecule has 2 N–H and O–H groups in total. The molecule has 1 aromatic rings. The molecule has 1 aliphatic rings. The molecule has 86 valence electrons. The van der Waals surface area contributed by atoms with Crippen molar-refractivity contribution in [1.82, 2.24) is 10.6 Å². The molecule has 0 spiro atoms. The molecule has 1 aromatic carbocycles. The molecule has 1 unspecified atom stereocenters. The van der Waals surface area contributed by atoms with E-state index in [9.17, 15) is 4.79 Å². The van der Waals surface area contributed by atoms with Gasteiger partial charge in [0.05, 0.1) is 10.0 Å². The Morgan fingerprint density at radius 3 is 2.81 bits per heavy atom. The van der Waals surface area contributed by atoms with Gasteiger partial charge in [-0.05, 0) is 17.7 Å². The van der Waals surface area contributed by atoms with Crippen LogP contribution in [0.3, 0.4) is 0 Å². The van der Waals surface area contributed by atoms with Crippen molar-refractivity contribution in [3.63, 3.8) is 0 Å². The van der Waals surface area contributed by atoms with E-state index in [1.54, 1.807) is 6.07 Å². The van der Waals surface area contributed by atoms with E-state index in [1.807, 2.05) is 12.1 Å². The maximum Gasteiger partial charge on any atom is 0.221 e. The summed E-state index contributed by atoms with van der Waals surface area (Å²) in [6, 6.07) is 5.62. The van der Waals surface area contributed by atoms with E-state index in [0.29, 0.717) is 29.6 Å². The molecular weight excluding hydrogens is 247 g/mol. The van der Waals surface area contributed by atoms with Crippen molar-refractivity contribution in [2.45, 2.75) is 12.5 Å². The highest BCUT2D eigenvalue weighted by molar-refractivity contribution is 6.42. The third-order valence-electron chi connectivity index (χ3n) is 2.59. The van der Waals surface area contributed by atoms with Gasteiger partial charge in [-0.3, -0.25) is 4.79 Å². The molecular formula is C11H12Cl2N2O. The summed E-state index contributed by atoms with van der Waals surface area (Å²) in [6.45, 7) is 1.26. The van der Waals surface area contributed by atoms with Gasteiger partial charge in [-0.2, -0.15) is 0 Å². The fourth-order valence-electron chi connectivity index (χ4n) is 1.70. The number of halogens is 2. The SMILES string of the molecule is O=C1CCNC(c2ccc(Cl)c(Cl)c2)CN1. The van der Waals surface area contributed by atoms with Crippen LogP contribution >= 0.6 is 23.2 Å². The van der Waals surface area contributed by atoms with Crippen molar-refractivity contribution < 1.29 is 4.79 Å². The van der Waals surface area contributed by atoms with Crippen LogP contribution < -0.4 is 10.6 Å². The van der Waals surface area contributed by atoms with Crippen molar-refractivity contribution in [3.05, 3.63) is 33.8 Å². The lowest BCUT2D eigenvalue weighted by Crippen LogP contribution is -2.28. The third kappa shape index (κ3) is 2.67. The molecule has 0 bridgehead atoms. The number of amides is 1. The Kier molecular flexibility index (Phi) is 3.69. The smallest absolute Gasteiger partial charge is 0.221 e. The van der Waals surface area contributed by atoms with E-state index in [4.69, 9.17) is 23.2 Å². The van der Waals surface area contributed by atoms with Crippen LogP contribution in [0, 0.1) is 0 Å². The Labute approximate surface area is 104 Å². The number of nitrogens with one attached hydrogen (secondary N) is 2. The van der Waals surface area contributed by atoms with Crippen LogP contribution in [-0.2, 0) is 4.79 Å². The summed E-state index contributed by atoms with van der Waals surface area (Å²) in [5.74, 6) is 0.0788. The Morgan fingerprint density at radius 2 is 2.06 bits per heavy atom. The van der Waals surface area contributed by atoms with Gasteiger partial charge in [-0.15, -0.1) is 0 Å². The highest BCUT2D eigenvalue weighted by Gasteiger charge is 2.17. The molecule has 1 heterocycles. The Balaban J connectivity index is 2.16. The maximum absolute atomic E-state index is 11.2. The second-order valence-electron chi connectivity index (χ2n) is 3.73. The van der Waals surface area contributed by atoms with Gasteiger partial charge in [0.2, 0.25) is 5.91 Å². The third-order valence-corrected chi connectivity index (χ3v) is 3.33. The summed E-state index contributed by atoms with van der Waals surface area (Å²) in [7, 11) is 0. The molecule has 1 saturated heterocycles. The monoisotopic (exact) mass is 258 g/mol. The van der Waals surface area contributed by atoms with E-state index in [1.165, 1.54) is 0 Å². The van der Waals surface area contributed by atoms with E-state index < -0.39 is 0 Å². The summed E-state index contributed by atoms with van der Waals surface area (Å²) in [5.41, 5.74) is 1.04. The zero-order valence-electron chi connectivity index (χ0n) is 8.59. The molecule has 2 rings (SSSR count). The first-order valence-corrected chi connectivity index (χ1v) is 5.87. The van der Waals surface area contributed by atoms with Crippen molar-refractivity contribution >= 4 is 29.1 Å². The van der Waals surface area contributed by atoms with Gasteiger partial charge in [0.15, 0.2) is 0 Å². The van der Waals surface area contributed by atoms with Crippen LogP contribution in [0.25, 0.3) is 0 Å². The lowest BCUT2D eigenvalue weighted by molar-refractivity contribution is -0.120. The number of rotatable bonds is 1. The van der Waals surface area contributed by atoms with Gasteiger partial charge in [0.1, 0.15) is 0 Å². The summed E-state index contributed by atoms with van der Waals surface area (Å²) < 4.78 is 0. The minimum Gasteiger partial charge on any atom is -0.354 e. The number of carbonyl (C=O) groups is 1. The minimum atomic E-state index is 0.0788. The van der Waals surface area contributed by atoms with Crippen molar-refractivity contribution in [1.29, 1.82) is 0 Å². The van der Waals surface area contributed by atoms with Crippen molar-refractivity contribution in [3.8, 4) is 0 Å². The van der Waals surface area contributed by atoms with Gasteiger partial charge >= 0.3 is 0 Å². The second kappa shape index (κ2) is 5.04. The highest BCUT2D eigenvalue weighted by atomic mass is 35.5. The summed E-state index contributed by atoms with van der Waals surface area (Å²) in [4.78, 5) is 11.2. The second-order valence-corrected chi connectivity index (χ2v) is 4.55. The Bertz CT molecular complexity index is 409. The van der Waals surface area contributed by atoms with Crippen LogP contribution in [-0.4, -0.2) is 19.0 Å². The first-order valence-electron chi connectivity index (χ1n) is 5.12. The van der Waals surface area contributed by atoms with E-state index >= 15 is 0 Å². The van der Waals surface area contributed by atoms with Gasteiger partial charge < -0.3 is 10.6 Å². The molecule has 1 atom stereocenters. The Morgan fingerprint density at radius 1 is 1.25 bits per heavy atom. The summed E-state index contributed by atoms with van der Waals surface area (Å²) in [6.07, 6.45) is 0.512. The molecule has 1 fully saturated rings. The quantitative estimate of drug-likeness (QED) is 0.811. The molecule has 0 radical (unpaired) electrons. The lowest BCUT2D eigenvalue weighted by atomic mass is 10.1. The standard InChI is InChI=1S/C11H12Cl2N2O/c12-8-2-1-7(5-9(8)13)10-6-15-11(16)3-4-14-10/h1-2,5,10,14H,3-4,6H2,(H,15,16). The minimum absolute atomic E-state index is 0.0788. The van der Waals surface area contributed by atoms with E-state index in [-0.39, 0.29) is 11.9 Å². The van der Waals surface area contributed by atoms with Crippen LogP contribution in [0.5, 0.6) is 0 Å². The molecule has 1 amide bonds. The molecule has 5 heteroatoms. The Hall–Kier alpha value is -0.770. The van der Waals surface area contributed by atoms with Crippen LogP contribution in [0.1, 0.15) is 18.0 Å². The van der Waals surface area contributed by atoms with Crippen molar-refractivity contribution in [2.24, 2.45) is 0 Å². The van der Waals surface area contributed by atoms with Gasteiger partial charge in [0.25, 0.3) is 0 Å². The van der Waals surface area contributed by atoms with E-state index in [2.05, 4.69) is 10.6 Å². The van der Waals surface area contributed by atoms with Crippen molar-refractivity contribution in [2.75, 3.05) is 13.1 Å². The topological polar surface area (TPSA) is 41.1 Å². The average molecular weight is 259 g/mol. The maximum atomic E-state index is 11.2. The van der Waals surface area contributed by atoms with Gasteiger partial charge in [-0.25, -0.2) is 0 Å². The molecule has 0 aromatic heterocycles. The predicted molar refractivity (Wildman–Crippen MR) is 64.8 cm³/mol. The van der Waals surface area contributed by atoms with Gasteiger partial charge in [0, 0.05) is 25.6 Å². The first-order chi connectivity index (χ1) is 7.66. The number of benzene rings is 1. The highest BCUT2D eigenvalue weighted by Crippen LogP contribution is 2.25. The number of hydrogen-bond acceptors (Lipinski definition) is 2. The molecule has 1 aliphatic heterocycles. The molecule has 0 saturated carbocycles. The zero-order chi connectivity index (χ0) is 11.5. The first kappa shape index (κ1) is 11.7.